The monoisotopic (exact) mass is 517 g/mol. The van der Waals surface area contributed by atoms with E-state index in [2.05, 4.69) is 25.6 Å². The second kappa shape index (κ2) is 8.36. The predicted molar refractivity (Wildman–Crippen MR) is 132 cm³/mol. The van der Waals surface area contributed by atoms with E-state index in [1.807, 2.05) is 43.8 Å². The Balaban J connectivity index is 0.00000267. The largest absolute Gasteiger partial charge is 0.401 e. The summed E-state index contributed by atoms with van der Waals surface area (Å²) in [5.41, 5.74) is 1.28. The van der Waals surface area contributed by atoms with E-state index in [9.17, 15) is 13.2 Å². The van der Waals surface area contributed by atoms with Crippen molar-refractivity contribution in [2.45, 2.75) is 57.3 Å². The highest BCUT2D eigenvalue weighted by atomic mass is 32.1. The normalized spacial score (nSPS) is 18.1. The van der Waals surface area contributed by atoms with E-state index in [0.29, 0.717) is 24.7 Å². The summed E-state index contributed by atoms with van der Waals surface area (Å²) in [4.78, 5) is 9.09. The van der Waals surface area contributed by atoms with Crippen molar-refractivity contribution in [3.05, 3.63) is 42.1 Å². The number of halogens is 3. The van der Waals surface area contributed by atoms with E-state index < -0.39 is 11.6 Å². The zero-order chi connectivity index (χ0) is 24.5. The quantitative estimate of drug-likeness (QED) is 0.423. The molecule has 6 rings (SSSR count). The lowest BCUT2D eigenvalue weighted by molar-refractivity contribution is -0.216. The number of nitrogens with one attached hydrogen (secondary N) is 1. The van der Waals surface area contributed by atoms with Crippen LogP contribution in [0.4, 0.5) is 24.9 Å². The molecular formula is C23H26F3N9S. The van der Waals surface area contributed by atoms with Gasteiger partial charge < -0.3 is 14.5 Å². The zero-order valence-electron chi connectivity index (χ0n) is 20.0. The molecule has 1 aliphatic heterocycles. The fraction of sp³-hybridized carbons (Fsp3) is 0.435. The zero-order valence-corrected chi connectivity index (χ0v) is 21.0. The molecule has 0 unspecified atom stereocenters. The number of hydrogen-bond donors (Lipinski definition) is 1. The number of fused-ring (bicyclic) bond motifs is 3. The Morgan fingerprint density at radius 2 is 1.97 bits per heavy atom. The minimum atomic E-state index is -4.35. The first-order valence-electron chi connectivity index (χ1n) is 11.5. The molecule has 1 aliphatic carbocycles. The molecule has 1 N–H and O–H groups in total. The van der Waals surface area contributed by atoms with Crippen LogP contribution < -0.4 is 5.32 Å². The molecule has 0 spiro atoms. The number of anilines is 2. The molecular weight excluding hydrogens is 491 g/mol. The Labute approximate surface area is 212 Å². The second-order valence-electron chi connectivity index (χ2n) is 9.45. The van der Waals surface area contributed by atoms with Gasteiger partial charge in [0.2, 0.25) is 5.95 Å². The third-order valence-corrected chi connectivity index (χ3v) is 7.23. The molecule has 0 saturated heterocycles. The van der Waals surface area contributed by atoms with Crippen LogP contribution in [-0.2, 0) is 19.0 Å². The standard InChI is InChI=1S/C23H24F3N9.H2S/c1-13-10-27-21(29-17-5-8-28-33(17)3)30-18(13)15-9-16-19-31-32-20(22(6-4-7-22)23(24,25)26)35(19)11-14(2)34(16)12-15;/h5,8-10,12,14H,4,6-7,11H2,1-3H3,(H,27,29,30);1H2/t14-;/m0./s1. The molecule has 0 bridgehead atoms. The summed E-state index contributed by atoms with van der Waals surface area (Å²) in [6, 6.07) is 3.67. The Hall–Kier alpha value is -3.35. The van der Waals surface area contributed by atoms with Gasteiger partial charge in [0.05, 0.1) is 17.6 Å². The van der Waals surface area contributed by atoms with Crippen LogP contribution in [0.3, 0.4) is 0 Å². The molecule has 0 amide bonds. The number of hydrogen-bond acceptors (Lipinski definition) is 6. The molecule has 1 atom stereocenters. The van der Waals surface area contributed by atoms with Gasteiger partial charge in [-0.2, -0.15) is 31.8 Å². The Bertz CT molecular complexity index is 1430. The van der Waals surface area contributed by atoms with Gasteiger partial charge in [-0.1, -0.05) is 6.42 Å². The topological polar surface area (TPSA) is 91.3 Å². The van der Waals surface area contributed by atoms with E-state index in [0.717, 1.165) is 28.3 Å². The number of nitrogens with zero attached hydrogens (tertiary/aromatic N) is 8. The minimum absolute atomic E-state index is 0. The van der Waals surface area contributed by atoms with Gasteiger partial charge >= 0.3 is 6.18 Å². The molecule has 4 aromatic rings. The molecule has 5 heterocycles. The fourth-order valence-electron chi connectivity index (χ4n) is 5.09. The summed E-state index contributed by atoms with van der Waals surface area (Å²) in [6.07, 6.45) is 1.70. The highest BCUT2D eigenvalue weighted by molar-refractivity contribution is 7.59. The van der Waals surface area contributed by atoms with E-state index in [4.69, 9.17) is 4.98 Å². The summed E-state index contributed by atoms with van der Waals surface area (Å²) in [5.74, 6) is 1.67. The summed E-state index contributed by atoms with van der Waals surface area (Å²) < 4.78 is 47.5. The number of rotatable bonds is 4. The van der Waals surface area contributed by atoms with Crippen molar-refractivity contribution < 1.29 is 13.2 Å². The number of aryl methyl sites for hydroxylation is 2. The second-order valence-corrected chi connectivity index (χ2v) is 9.45. The van der Waals surface area contributed by atoms with Gasteiger partial charge in [0.25, 0.3) is 0 Å². The van der Waals surface area contributed by atoms with Crippen molar-refractivity contribution in [1.82, 2.24) is 39.1 Å². The summed E-state index contributed by atoms with van der Waals surface area (Å²) in [6.45, 7) is 4.30. The maximum atomic E-state index is 14.0. The van der Waals surface area contributed by atoms with Crippen molar-refractivity contribution in [3.8, 4) is 22.8 Å². The SMILES string of the molecule is Cc1cnc(Nc2ccnn2C)nc1-c1cc2n(c1)[C@@H](C)Cn1c-2nnc1C1(C(F)(F)F)CCC1.S. The predicted octanol–water partition coefficient (Wildman–Crippen LogP) is 4.66. The van der Waals surface area contributed by atoms with Crippen LogP contribution in [0.25, 0.3) is 22.8 Å². The van der Waals surface area contributed by atoms with Crippen LogP contribution in [0.1, 0.15) is 43.6 Å². The van der Waals surface area contributed by atoms with Crippen LogP contribution in [0.5, 0.6) is 0 Å². The minimum Gasteiger partial charge on any atom is -0.340 e. The van der Waals surface area contributed by atoms with Crippen molar-refractivity contribution >= 4 is 25.3 Å². The average molecular weight is 518 g/mol. The van der Waals surface area contributed by atoms with Crippen molar-refractivity contribution in [2.24, 2.45) is 7.05 Å². The molecule has 2 aliphatic rings. The number of aromatic nitrogens is 8. The highest BCUT2D eigenvalue weighted by Crippen LogP contribution is 2.54. The van der Waals surface area contributed by atoms with Gasteiger partial charge in [0.15, 0.2) is 5.82 Å². The van der Waals surface area contributed by atoms with Crippen LogP contribution >= 0.6 is 13.5 Å². The lowest BCUT2D eigenvalue weighted by atomic mass is 9.67. The van der Waals surface area contributed by atoms with Crippen LogP contribution in [0.15, 0.2) is 30.7 Å². The third-order valence-electron chi connectivity index (χ3n) is 7.23. The van der Waals surface area contributed by atoms with E-state index in [-0.39, 0.29) is 38.2 Å². The summed E-state index contributed by atoms with van der Waals surface area (Å²) >= 11 is 0. The maximum Gasteiger partial charge on any atom is 0.401 e. The van der Waals surface area contributed by atoms with Crippen LogP contribution in [-0.4, -0.2) is 45.3 Å². The van der Waals surface area contributed by atoms with Gasteiger partial charge in [0, 0.05) is 43.7 Å². The van der Waals surface area contributed by atoms with Crippen molar-refractivity contribution in [1.29, 1.82) is 0 Å². The van der Waals surface area contributed by atoms with Crippen LogP contribution in [0, 0.1) is 6.92 Å². The van der Waals surface area contributed by atoms with Gasteiger partial charge in [0.1, 0.15) is 17.1 Å². The first-order chi connectivity index (χ1) is 16.7. The molecule has 0 aromatic carbocycles. The molecule has 0 radical (unpaired) electrons. The lowest BCUT2D eigenvalue weighted by Crippen LogP contribution is -2.50. The first-order valence-corrected chi connectivity index (χ1v) is 11.5. The van der Waals surface area contributed by atoms with Gasteiger partial charge in [-0.25, -0.2) is 9.97 Å². The van der Waals surface area contributed by atoms with Gasteiger partial charge in [-0.05, 0) is 38.3 Å². The molecule has 1 saturated carbocycles. The Morgan fingerprint density at radius 1 is 1.19 bits per heavy atom. The molecule has 9 nitrogen and oxygen atoms in total. The molecule has 4 aromatic heterocycles. The van der Waals surface area contributed by atoms with E-state index >= 15 is 0 Å². The van der Waals surface area contributed by atoms with Crippen molar-refractivity contribution in [3.63, 3.8) is 0 Å². The Morgan fingerprint density at radius 3 is 2.61 bits per heavy atom. The van der Waals surface area contributed by atoms with Crippen LogP contribution in [0.2, 0.25) is 0 Å². The smallest absolute Gasteiger partial charge is 0.340 e. The fourth-order valence-corrected chi connectivity index (χ4v) is 5.09. The third kappa shape index (κ3) is 3.51. The average Bonchev–Trinajstić information content (AvgIpc) is 3.47. The summed E-state index contributed by atoms with van der Waals surface area (Å²) in [7, 11) is 1.82. The lowest BCUT2D eigenvalue weighted by Gasteiger charge is -2.42. The molecule has 190 valence electrons. The van der Waals surface area contributed by atoms with E-state index in [1.165, 1.54) is 0 Å². The maximum absolute atomic E-state index is 14.0. The highest BCUT2D eigenvalue weighted by Gasteiger charge is 2.62. The molecule has 13 heteroatoms. The number of alkyl halides is 3. The Kier molecular flexibility index (Phi) is 5.65. The van der Waals surface area contributed by atoms with Gasteiger partial charge in [-0.15, -0.1) is 10.2 Å². The van der Waals surface area contributed by atoms with Gasteiger partial charge in [-0.3, -0.25) is 4.68 Å². The molecule has 1 fully saturated rings. The summed E-state index contributed by atoms with van der Waals surface area (Å²) in [5, 5.41) is 15.6. The van der Waals surface area contributed by atoms with E-state index in [1.54, 1.807) is 21.6 Å². The first kappa shape index (κ1) is 24.3. The molecule has 36 heavy (non-hydrogen) atoms. The van der Waals surface area contributed by atoms with Crippen molar-refractivity contribution in [2.75, 3.05) is 5.32 Å².